The number of fused-ring (bicyclic) bond motifs is 1. The topological polar surface area (TPSA) is 68.9 Å². The molecular weight excluding hydrogens is 400 g/mol. The molecule has 0 radical (unpaired) electrons. The number of nitrogens with one attached hydrogen (secondary N) is 1. The number of aromatic nitrogens is 3. The van der Waals surface area contributed by atoms with Crippen molar-refractivity contribution in [2.75, 3.05) is 6.54 Å². The molecule has 7 heteroatoms. The van der Waals surface area contributed by atoms with Crippen LogP contribution < -0.4 is 11.0 Å². The lowest BCUT2D eigenvalue weighted by atomic mass is 10.1. The molecular formula is C23H21ClN4O2. The Labute approximate surface area is 178 Å². The SMILES string of the molecule is Cc1ccc(Cn2c(=O)n(CCNC(=O)c3ccccc3Cl)c3ncccc32)cc1. The van der Waals surface area contributed by atoms with Crippen LogP contribution in [0, 0.1) is 6.92 Å². The number of imidazole rings is 1. The molecule has 2 heterocycles. The molecule has 0 fully saturated rings. The lowest BCUT2D eigenvalue weighted by Gasteiger charge is -2.07. The van der Waals surface area contributed by atoms with Crippen LogP contribution in [0.3, 0.4) is 0 Å². The fourth-order valence-electron chi connectivity index (χ4n) is 3.40. The molecule has 1 N–H and O–H groups in total. The molecule has 4 rings (SSSR count). The van der Waals surface area contributed by atoms with Crippen molar-refractivity contribution >= 4 is 28.7 Å². The van der Waals surface area contributed by atoms with Gasteiger partial charge in [-0.15, -0.1) is 0 Å². The van der Waals surface area contributed by atoms with E-state index in [9.17, 15) is 9.59 Å². The molecule has 1 amide bonds. The molecule has 152 valence electrons. The Kier molecular flexibility index (Phi) is 5.68. The normalized spacial score (nSPS) is 11.0. The third kappa shape index (κ3) is 4.00. The number of amides is 1. The minimum Gasteiger partial charge on any atom is -0.350 e. The average molecular weight is 421 g/mol. The fraction of sp³-hybridized carbons (Fsp3) is 0.174. The van der Waals surface area contributed by atoms with E-state index in [0.29, 0.717) is 29.3 Å². The number of nitrogens with zero attached hydrogens (tertiary/aromatic N) is 3. The smallest absolute Gasteiger partial charge is 0.330 e. The maximum absolute atomic E-state index is 13.1. The fourth-order valence-corrected chi connectivity index (χ4v) is 3.62. The molecule has 0 atom stereocenters. The maximum atomic E-state index is 13.1. The quantitative estimate of drug-likeness (QED) is 0.517. The Balaban J connectivity index is 1.56. The van der Waals surface area contributed by atoms with Gasteiger partial charge in [0, 0.05) is 19.3 Å². The highest BCUT2D eigenvalue weighted by Crippen LogP contribution is 2.15. The van der Waals surface area contributed by atoms with Crippen molar-refractivity contribution < 1.29 is 4.79 Å². The van der Waals surface area contributed by atoms with Crippen molar-refractivity contribution in [1.29, 1.82) is 0 Å². The summed E-state index contributed by atoms with van der Waals surface area (Å²) in [6.07, 6.45) is 1.66. The van der Waals surface area contributed by atoms with Crippen molar-refractivity contribution in [3.8, 4) is 0 Å². The highest BCUT2D eigenvalue weighted by atomic mass is 35.5. The summed E-state index contributed by atoms with van der Waals surface area (Å²) in [7, 11) is 0. The predicted molar refractivity (Wildman–Crippen MR) is 118 cm³/mol. The van der Waals surface area contributed by atoms with Crippen LogP contribution in [-0.4, -0.2) is 26.6 Å². The number of hydrogen-bond donors (Lipinski definition) is 1. The van der Waals surface area contributed by atoms with Crippen LogP contribution >= 0.6 is 11.6 Å². The molecule has 0 aliphatic heterocycles. The molecule has 30 heavy (non-hydrogen) atoms. The van der Waals surface area contributed by atoms with Crippen LogP contribution in [0.5, 0.6) is 0 Å². The van der Waals surface area contributed by atoms with Gasteiger partial charge in [-0.1, -0.05) is 53.6 Å². The van der Waals surface area contributed by atoms with Crippen LogP contribution in [-0.2, 0) is 13.1 Å². The van der Waals surface area contributed by atoms with Gasteiger partial charge in [-0.3, -0.25) is 13.9 Å². The molecule has 0 saturated heterocycles. The van der Waals surface area contributed by atoms with E-state index in [0.717, 1.165) is 11.1 Å². The highest BCUT2D eigenvalue weighted by Gasteiger charge is 2.15. The van der Waals surface area contributed by atoms with Gasteiger partial charge in [-0.05, 0) is 36.8 Å². The van der Waals surface area contributed by atoms with Gasteiger partial charge in [0.05, 0.1) is 22.6 Å². The number of pyridine rings is 1. The number of rotatable bonds is 6. The molecule has 0 aliphatic carbocycles. The first-order chi connectivity index (χ1) is 14.5. The van der Waals surface area contributed by atoms with Gasteiger partial charge in [-0.2, -0.15) is 0 Å². The molecule has 2 aromatic carbocycles. The maximum Gasteiger partial charge on any atom is 0.330 e. The summed E-state index contributed by atoms with van der Waals surface area (Å²) in [5.41, 5.74) is 3.83. The van der Waals surface area contributed by atoms with E-state index in [-0.39, 0.29) is 18.1 Å². The first kappa shape index (κ1) is 19.9. The Morgan fingerprint density at radius 2 is 1.80 bits per heavy atom. The molecule has 4 aromatic rings. The minimum absolute atomic E-state index is 0.156. The lowest BCUT2D eigenvalue weighted by molar-refractivity contribution is 0.0952. The van der Waals surface area contributed by atoms with E-state index in [2.05, 4.69) is 10.3 Å². The van der Waals surface area contributed by atoms with Crippen molar-refractivity contribution in [3.05, 3.63) is 99.1 Å². The number of hydrogen-bond acceptors (Lipinski definition) is 3. The number of carbonyl (C=O) groups excluding carboxylic acids is 1. The monoisotopic (exact) mass is 420 g/mol. The second-order valence-electron chi connectivity index (χ2n) is 7.09. The molecule has 0 unspecified atom stereocenters. The lowest BCUT2D eigenvalue weighted by Crippen LogP contribution is -2.32. The molecule has 2 aromatic heterocycles. The van der Waals surface area contributed by atoms with Gasteiger partial charge < -0.3 is 5.32 Å². The van der Waals surface area contributed by atoms with Gasteiger partial charge >= 0.3 is 5.69 Å². The molecule has 0 saturated carbocycles. The molecule has 0 bridgehead atoms. The largest absolute Gasteiger partial charge is 0.350 e. The van der Waals surface area contributed by atoms with Gasteiger partial charge in [0.15, 0.2) is 5.65 Å². The first-order valence-electron chi connectivity index (χ1n) is 9.67. The van der Waals surface area contributed by atoms with Gasteiger partial charge in [0.25, 0.3) is 5.91 Å². The van der Waals surface area contributed by atoms with Crippen LogP contribution in [0.15, 0.2) is 71.7 Å². The zero-order chi connectivity index (χ0) is 21.1. The Hall–Kier alpha value is -3.38. The van der Waals surface area contributed by atoms with Crippen molar-refractivity contribution in [2.45, 2.75) is 20.0 Å². The van der Waals surface area contributed by atoms with E-state index in [4.69, 9.17) is 11.6 Å². The third-order valence-corrected chi connectivity index (χ3v) is 5.30. The van der Waals surface area contributed by atoms with Crippen LogP contribution in [0.2, 0.25) is 5.02 Å². The second kappa shape index (κ2) is 8.55. The zero-order valence-electron chi connectivity index (χ0n) is 16.5. The van der Waals surface area contributed by atoms with Gasteiger partial charge in [0.1, 0.15) is 0 Å². The molecule has 0 aliphatic rings. The summed E-state index contributed by atoms with van der Waals surface area (Å²) in [5.74, 6) is -0.273. The van der Waals surface area contributed by atoms with Crippen molar-refractivity contribution in [1.82, 2.24) is 19.4 Å². The van der Waals surface area contributed by atoms with Crippen LogP contribution in [0.4, 0.5) is 0 Å². The number of aryl methyl sites for hydroxylation is 1. The van der Waals surface area contributed by atoms with Gasteiger partial charge in [0.2, 0.25) is 0 Å². The Morgan fingerprint density at radius 1 is 1.03 bits per heavy atom. The standard InChI is InChI=1S/C23H21ClN4O2/c1-16-8-10-17(11-9-16)15-28-20-7-4-12-25-21(20)27(23(28)30)14-13-26-22(29)18-5-2-3-6-19(18)24/h2-12H,13-15H2,1H3,(H,26,29). The zero-order valence-corrected chi connectivity index (χ0v) is 17.3. The number of halogens is 1. The van der Waals surface area contributed by atoms with E-state index in [1.807, 2.05) is 43.3 Å². The number of benzene rings is 2. The Bertz CT molecular complexity index is 1260. The summed E-state index contributed by atoms with van der Waals surface area (Å²) >= 11 is 6.08. The molecule has 0 spiro atoms. The van der Waals surface area contributed by atoms with E-state index >= 15 is 0 Å². The number of carbonyl (C=O) groups is 1. The van der Waals surface area contributed by atoms with E-state index in [1.54, 1.807) is 39.6 Å². The summed E-state index contributed by atoms with van der Waals surface area (Å²) in [6.45, 7) is 3.08. The first-order valence-corrected chi connectivity index (χ1v) is 10.0. The Morgan fingerprint density at radius 3 is 2.57 bits per heavy atom. The summed E-state index contributed by atoms with van der Waals surface area (Å²) in [5, 5.41) is 3.22. The minimum atomic E-state index is -0.273. The van der Waals surface area contributed by atoms with Crippen LogP contribution in [0.25, 0.3) is 11.2 Å². The van der Waals surface area contributed by atoms with Gasteiger partial charge in [-0.25, -0.2) is 9.78 Å². The third-order valence-electron chi connectivity index (χ3n) is 4.98. The summed E-state index contributed by atoms with van der Waals surface area (Å²) in [6, 6.07) is 18.7. The average Bonchev–Trinajstić information content (AvgIpc) is 3.01. The molecule has 6 nitrogen and oxygen atoms in total. The second-order valence-corrected chi connectivity index (χ2v) is 7.50. The highest BCUT2D eigenvalue weighted by molar-refractivity contribution is 6.33. The van der Waals surface area contributed by atoms with Crippen molar-refractivity contribution in [2.24, 2.45) is 0 Å². The van der Waals surface area contributed by atoms with E-state index in [1.165, 1.54) is 5.56 Å². The summed E-state index contributed by atoms with van der Waals surface area (Å²) in [4.78, 5) is 29.9. The summed E-state index contributed by atoms with van der Waals surface area (Å²) < 4.78 is 3.30. The van der Waals surface area contributed by atoms with E-state index < -0.39 is 0 Å². The van der Waals surface area contributed by atoms with Crippen LogP contribution in [0.1, 0.15) is 21.5 Å². The predicted octanol–water partition coefficient (Wildman–Crippen LogP) is 3.64. The van der Waals surface area contributed by atoms with Crippen molar-refractivity contribution in [3.63, 3.8) is 0 Å².